The predicted octanol–water partition coefficient (Wildman–Crippen LogP) is 27.6. The SMILES string of the molecule is CCCCCCCCCCCCCCCCCCCCCCCC(O)C(CO)NC(=O)CCCCCCCCCCCCCCCCCCC/C=C\C/C=C\CCCCCCCCCCCCCCCCCOC(=O)CCCCCCCCCCCCCCC. The van der Waals surface area contributed by atoms with Gasteiger partial charge in [0, 0.05) is 12.8 Å². The lowest BCUT2D eigenvalue weighted by Crippen LogP contribution is -2.45. The summed E-state index contributed by atoms with van der Waals surface area (Å²) < 4.78 is 5.50. The van der Waals surface area contributed by atoms with E-state index in [-0.39, 0.29) is 18.5 Å². The average molecular weight is 1270 g/mol. The monoisotopic (exact) mass is 1270 g/mol. The van der Waals surface area contributed by atoms with Gasteiger partial charge >= 0.3 is 5.97 Å². The summed E-state index contributed by atoms with van der Waals surface area (Å²) in [5.41, 5.74) is 0. The molecule has 0 aromatic heterocycles. The van der Waals surface area contributed by atoms with Crippen molar-refractivity contribution in [2.45, 2.75) is 488 Å². The largest absolute Gasteiger partial charge is 0.466 e. The van der Waals surface area contributed by atoms with Crippen LogP contribution in [-0.2, 0) is 14.3 Å². The van der Waals surface area contributed by atoms with Crippen molar-refractivity contribution in [1.29, 1.82) is 0 Å². The highest BCUT2D eigenvalue weighted by Gasteiger charge is 2.20. The van der Waals surface area contributed by atoms with Gasteiger partial charge < -0.3 is 20.3 Å². The van der Waals surface area contributed by atoms with Crippen molar-refractivity contribution in [3.63, 3.8) is 0 Å². The fourth-order valence-corrected chi connectivity index (χ4v) is 13.4. The molecule has 3 N–H and O–H groups in total. The predicted molar refractivity (Wildman–Crippen MR) is 398 cm³/mol. The van der Waals surface area contributed by atoms with Gasteiger partial charge in [0.25, 0.3) is 0 Å². The smallest absolute Gasteiger partial charge is 0.305 e. The van der Waals surface area contributed by atoms with E-state index in [0.29, 0.717) is 25.9 Å². The minimum absolute atomic E-state index is 0.0229. The van der Waals surface area contributed by atoms with Gasteiger partial charge in [0.1, 0.15) is 0 Å². The van der Waals surface area contributed by atoms with Crippen LogP contribution in [0.4, 0.5) is 0 Å². The van der Waals surface area contributed by atoms with Gasteiger partial charge in [-0.25, -0.2) is 0 Å². The lowest BCUT2D eigenvalue weighted by atomic mass is 10.0. The van der Waals surface area contributed by atoms with Crippen molar-refractivity contribution >= 4 is 11.9 Å². The van der Waals surface area contributed by atoms with Crippen LogP contribution in [0.3, 0.4) is 0 Å². The first-order valence-electron chi connectivity index (χ1n) is 41.6. The van der Waals surface area contributed by atoms with Crippen LogP contribution in [0.5, 0.6) is 0 Å². The maximum atomic E-state index is 12.6. The molecule has 2 atom stereocenters. The molecule has 90 heavy (non-hydrogen) atoms. The Bertz CT molecular complexity index is 1410. The van der Waals surface area contributed by atoms with Crippen molar-refractivity contribution in [3.8, 4) is 0 Å². The van der Waals surface area contributed by atoms with Gasteiger partial charge in [-0.15, -0.1) is 0 Å². The summed E-state index contributed by atoms with van der Waals surface area (Å²) >= 11 is 0. The van der Waals surface area contributed by atoms with Crippen LogP contribution in [-0.4, -0.2) is 47.4 Å². The van der Waals surface area contributed by atoms with Crippen LogP contribution in [0.2, 0.25) is 0 Å². The third-order valence-electron chi connectivity index (χ3n) is 19.8. The lowest BCUT2D eigenvalue weighted by molar-refractivity contribution is -0.143. The maximum Gasteiger partial charge on any atom is 0.305 e. The highest BCUT2D eigenvalue weighted by molar-refractivity contribution is 5.76. The van der Waals surface area contributed by atoms with E-state index in [1.165, 1.54) is 398 Å². The minimum Gasteiger partial charge on any atom is -0.466 e. The standard InChI is InChI=1S/C84H163NO5/c1-3-5-7-9-11-13-15-17-18-19-20-40-43-46-49-53-56-60-64-68-72-76-82(87)81(80-86)85-83(88)77-73-69-65-61-57-54-50-47-44-41-38-36-34-32-30-28-26-24-22-21-23-25-27-29-31-33-35-37-39-42-45-48-51-55-59-63-67-71-75-79-90-84(89)78-74-70-66-62-58-52-16-14-12-10-8-6-4-2/h21-22,25,27,81-82,86-87H,3-20,23-24,26,28-80H2,1-2H3,(H,85,88)/b22-21-,27-25-. The summed E-state index contributed by atoms with van der Waals surface area (Å²) in [6.45, 7) is 5.01. The van der Waals surface area contributed by atoms with Crippen molar-refractivity contribution in [1.82, 2.24) is 5.32 Å². The van der Waals surface area contributed by atoms with E-state index in [0.717, 1.165) is 44.9 Å². The third-order valence-corrected chi connectivity index (χ3v) is 19.8. The lowest BCUT2D eigenvalue weighted by Gasteiger charge is -2.22. The number of carbonyl (C=O) groups excluding carboxylic acids is 2. The zero-order chi connectivity index (χ0) is 64.9. The molecule has 534 valence electrons. The summed E-state index contributed by atoms with van der Waals surface area (Å²) in [5.74, 6) is -0.00348. The first-order valence-corrected chi connectivity index (χ1v) is 41.6. The van der Waals surface area contributed by atoms with Crippen molar-refractivity contribution in [2.75, 3.05) is 13.2 Å². The van der Waals surface area contributed by atoms with Crippen molar-refractivity contribution < 1.29 is 24.5 Å². The zero-order valence-corrected chi connectivity index (χ0v) is 61.4. The molecule has 6 heteroatoms. The van der Waals surface area contributed by atoms with Crippen LogP contribution in [0.25, 0.3) is 0 Å². The second-order valence-electron chi connectivity index (χ2n) is 28.8. The van der Waals surface area contributed by atoms with Crippen LogP contribution in [0, 0.1) is 0 Å². The number of ether oxygens (including phenoxy) is 1. The van der Waals surface area contributed by atoms with Crippen LogP contribution in [0.1, 0.15) is 476 Å². The second kappa shape index (κ2) is 79.8. The average Bonchev–Trinajstić information content (AvgIpc) is 3.55. The number of hydrogen-bond donors (Lipinski definition) is 3. The van der Waals surface area contributed by atoms with Gasteiger partial charge in [-0.1, -0.05) is 430 Å². The Hall–Kier alpha value is -1.66. The van der Waals surface area contributed by atoms with E-state index < -0.39 is 12.1 Å². The molecule has 2 unspecified atom stereocenters. The number of amides is 1. The molecule has 6 nitrogen and oxygen atoms in total. The fraction of sp³-hybridized carbons (Fsp3) is 0.929. The number of esters is 1. The molecule has 0 saturated heterocycles. The van der Waals surface area contributed by atoms with Gasteiger partial charge in [-0.05, 0) is 57.8 Å². The summed E-state index contributed by atoms with van der Waals surface area (Å²) in [5, 5.41) is 23.5. The number of aliphatic hydroxyl groups excluding tert-OH is 2. The molecule has 0 bridgehead atoms. The Morgan fingerprint density at radius 3 is 0.844 bits per heavy atom. The first kappa shape index (κ1) is 88.3. The third kappa shape index (κ3) is 75.4. The quantitative estimate of drug-likeness (QED) is 0.0320. The maximum absolute atomic E-state index is 12.6. The number of allylic oxidation sites excluding steroid dienone is 4. The van der Waals surface area contributed by atoms with E-state index in [1.807, 2.05) is 0 Å². The van der Waals surface area contributed by atoms with Crippen LogP contribution < -0.4 is 5.32 Å². The number of rotatable bonds is 79. The van der Waals surface area contributed by atoms with Crippen LogP contribution in [0.15, 0.2) is 24.3 Å². The van der Waals surface area contributed by atoms with E-state index in [4.69, 9.17) is 4.74 Å². The van der Waals surface area contributed by atoms with Gasteiger partial charge in [0.15, 0.2) is 0 Å². The van der Waals surface area contributed by atoms with E-state index in [2.05, 4.69) is 43.5 Å². The molecule has 0 aliphatic heterocycles. The molecule has 0 aromatic rings. The molecular weight excluding hydrogens is 1100 g/mol. The Morgan fingerprint density at radius 2 is 0.556 bits per heavy atom. The molecular formula is C84H163NO5. The van der Waals surface area contributed by atoms with Gasteiger partial charge in [-0.3, -0.25) is 9.59 Å². The number of carbonyl (C=O) groups is 2. The summed E-state index contributed by atoms with van der Waals surface area (Å²) in [6.07, 6.45) is 103. The molecule has 0 saturated carbocycles. The second-order valence-corrected chi connectivity index (χ2v) is 28.8. The first-order chi connectivity index (χ1) is 44.5. The Morgan fingerprint density at radius 1 is 0.311 bits per heavy atom. The Kier molecular flexibility index (Phi) is 78.3. The van der Waals surface area contributed by atoms with Gasteiger partial charge in [0.2, 0.25) is 5.91 Å². The number of nitrogens with one attached hydrogen (secondary N) is 1. The highest BCUT2D eigenvalue weighted by atomic mass is 16.5. The van der Waals surface area contributed by atoms with Crippen LogP contribution >= 0.6 is 0 Å². The van der Waals surface area contributed by atoms with Crippen molar-refractivity contribution in [2.24, 2.45) is 0 Å². The fourth-order valence-electron chi connectivity index (χ4n) is 13.4. The normalized spacial score (nSPS) is 12.5. The topological polar surface area (TPSA) is 95.9 Å². The Labute approximate surface area is 564 Å². The van der Waals surface area contributed by atoms with Gasteiger partial charge in [-0.2, -0.15) is 0 Å². The molecule has 0 rings (SSSR count). The minimum atomic E-state index is -0.663. The van der Waals surface area contributed by atoms with E-state index >= 15 is 0 Å². The number of aliphatic hydroxyl groups is 2. The van der Waals surface area contributed by atoms with E-state index in [9.17, 15) is 19.8 Å². The molecule has 0 heterocycles. The van der Waals surface area contributed by atoms with Crippen molar-refractivity contribution in [3.05, 3.63) is 24.3 Å². The zero-order valence-electron chi connectivity index (χ0n) is 61.4. The summed E-state index contributed by atoms with van der Waals surface area (Å²) in [7, 11) is 0. The molecule has 0 aromatic carbocycles. The summed E-state index contributed by atoms with van der Waals surface area (Å²) in [6, 6.07) is -0.540. The number of unbranched alkanes of at least 4 members (excludes halogenated alkanes) is 64. The molecule has 0 aliphatic rings. The molecule has 0 fully saturated rings. The number of hydrogen-bond acceptors (Lipinski definition) is 5. The Balaban J connectivity index is 3.35. The molecule has 0 radical (unpaired) electrons. The molecule has 0 spiro atoms. The van der Waals surface area contributed by atoms with E-state index in [1.54, 1.807) is 0 Å². The summed E-state index contributed by atoms with van der Waals surface area (Å²) in [4.78, 5) is 24.6. The molecule has 1 amide bonds. The highest BCUT2D eigenvalue weighted by Crippen LogP contribution is 2.20. The van der Waals surface area contributed by atoms with Gasteiger partial charge in [0.05, 0.1) is 25.4 Å². The molecule has 0 aliphatic carbocycles.